The molecule has 0 radical (unpaired) electrons. The Morgan fingerprint density at radius 2 is 2.30 bits per heavy atom. The number of ether oxygens (including phenoxy) is 2. The molecule has 0 spiro atoms. The molecule has 0 unspecified atom stereocenters. The number of hydrogen-bond acceptors (Lipinski definition) is 2. The zero-order chi connectivity index (χ0) is 6.97. The molecular weight excluding hydrogens is 128 g/mol. The first-order valence-electron chi connectivity index (χ1n) is 3.77. The smallest absolute Gasteiger partial charge is 0.0921 e. The maximum Gasteiger partial charge on any atom is 0.0921 e. The van der Waals surface area contributed by atoms with E-state index in [0.717, 1.165) is 19.6 Å². The average molecular weight is 140 g/mol. The van der Waals surface area contributed by atoms with Crippen LogP contribution in [0, 0.1) is 5.92 Å². The van der Waals surface area contributed by atoms with Crippen LogP contribution in [0.25, 0.3) is 0 Å². The number of rotatable bonds is 1. The molecule has 0 aliphatic carbocycles. The minimum absolute atomic E-state index is 0.317. The molecule has 2 nitrogen and oxygen atoms in total. The first-order chi connectivity index (χ1) is 4.92. The highest BCUT2D eigenvalue weighted by Gasteiger charge is 2.39. The summed E-state index contributed by atoms with van der Waals surface area (Å²) in [7, 11) is 0. The lowest BCUT2D eigenvalue weighted by Crippen LogP contribution is -2.20. The van der Waals surface area contributed by atoms with E-state index in [9.17, 15) is 0 Å². The Kier molecular flexibility index (Phi) is 1.51. The fourth-order valence-corrected chi connectivity index (χ4v) is 1.70. The second kappa shape index (κ2) is 2.36. The fourth-order valence-electron chi connectivity index (χ4n) is 1.70. The van der Waals surface area contributed by atoms with Crippen molar-refractivity contribution in [2.24, 2.45) is 5.92 Å². The molecule has 2 fully saturated rings. The van der Waals surface area contributed by atoms with Crippen molar-refractivity contribution in [1.29, 1.82) is 0 Å². The van der Waals surface area contributed by atoms with Gasteiger partial charge < -0.3 is 9.47 Å². The Morgan fingerprint density at radius 1 is 1.40 bits per heavy atom. The molecule has 0 aromatic heterocycles. The van der Waals surface area contributed by atoms with E-state index in [0.29, 0.717) is 18.1 Å². The summed E-state index contributed by atoms with van der Waals surface area (Å²) < 4.78 is 11.0. The van der Waals surface area contributed by atoms with Crippen molar-refractivity contribution >= 4 is 0 Å². The molecule has 56 valence electrons. The SMILES string of the molecule is C=C[C@@H]1CO[C@@H]2CCO[C@H]12. The standard InChI is InChI=1S/C8H12O2/c1-2-6-5-10-7-3-4-9-8(6)7/h2,6-8H,1,3-5H2/t6-,7-,8-/m1/s1. The Balaban J connectivity index is 2.07. The third-order valence-corrected chi connectivity index (χ3v) is 2.31. The van der Waals surface area contributed by atoms with E-state index in [4.69, 9.17) is 9.47 Å². The molecule has 2 saturated heterocycles. The van der Waals surface area contributed by atoms with Gasteiger partial charge in [0.05, 0.1) is 18.8 Å². The van der Waals surface area contributed by atoms with Gasteiger partial charge in [-0.1, -0.05) is 6.08 Å². The van der Waals surface area contributed by atoms with Gasteiger partial charge in [-0.2, -0.15) is 0 Å². The minimum atomic E-state index is 0.317. The highest BCUT2D eigenvalue weighted by atomic mass is 16.6. The lowest BCUT2D eigenvalue weighted by molar-refractivity contribution is 0.0685. The molecule has 2 aliphatic heterocycles. The molecule has 10 heavy (non-hydrogen) atoms. The first kappa shape index (κ1) is 6.38. The van der Waals surface area contributed by atoms with Crippen molar-refractivity contribution in [3.8, 4) is 0 Å². The molecule has 0 amide bonds. The Morgan fingerprint density at radius 3 is 3.10 bits per heavy atom. The second-order valence-electron chi connectivity index (χ2n) is 2.90. The molecule has 2 rings (SSSR count). The number of hydrogen-bond donors (Lipinski definition) is 0. The van der Waals surface area contributed by atoms with Crippen LogP contribution in [0.5, 0.6) is 0 Å². The zero-order valence-corrected chi connectivity index (χ0v) is 5.95. The third kappa shape index (κ3) is 0.796. The van der Waals surface area contributed by atoms with Crippen molar-refractivity contribution in [3.05, 3.63) is 12.7 Å². The van der Waals surface area contributed by atoms with Gasteiger partial charge in [0.25, 0.3) is 0 Å². The van der Waals surface area contributed by atoms with Crippen LogP contribution in [0.2, 0.25) is 0 Å². The van der Waals surface area contributed by atoms with Gasteiger partial charge in [0, 0.05) is 12.5 Å². The summed E-state index contributed by atoms with van der Waals surface area (Å²) in [6, 6.07) is 0. The van der Waals surface area contributed by atoms with Crippen LogP contribution in [0.3, 0.4) is 0 Å². The maximum absolute atomic E-state index is 5.48. The lowest BCUT2D eigenvalue weighted by atomic mass is 10.0. The topological polar surface area (TPSA) is 18.5 Å². The normalized spacial score (nSPS) is 45.4. The number of fused-ring (bicyclic) bond motifs is 1. The summed E-state index contributed by atoms with van der Waals surface area (Å²) in [5, 5.41) is 0. The predicted molar refractivity (Wildman–Crippen MR) is 37.8 cm³/mol. The van der Waals surface area contributed by atoms with Crippen LogP contribution in [0.15, 0.2) is 12.7 Å². The van der Waals surface area contributed by atoms with E-state index >= 15 is 0 Å². The van der Waals surface area contributed by atoms with Gasteiger partial charge in [-0.15, -0.1) is 6.58 Å². The van der Waals surface area contributed by atoms with Crippen molar-refractivity contribution < 1.29 is 9.47 Å². The van der Waals surface area contributed by atoms with Gasteiger partial charge in [0.15, 0.2) is 0 Å². The molecular formula is C8H12O2. The second-order valence-corrected chi connectivity index (χ2v) is 2.90. The van der Waals surface area contributed by atoms with Crippen LogP contribution in [-0.2, 0) is 9.47 Å². The summed E-state index contributed by atoms with van der Waals surface area (Å²) in [6.45, 7) is 5.41. The van der Waals surface area contributed by atoms with E-state index < -0.39 is 0 Å². The quantitative estimate of drug-likeness (QED) is 0.505. The minimum Gasteiger partial charge on any atom is -0.375 e. The lowest BCUT2D eigenvalue weighted by Gasteiger charge is -2.10. The van der Waals surface area contributed by atoms with Gasteiger partial charge in [0.1, 0.15) is 0 Å². The van der Waals surface area contributed by atoms with E-state index in [-0.39, 0.29) is 0 Å². The summed E-state index contributed by atoms with van der Waals surface area (Å²) >= 11 is 0. The summed E-state index contributed by atoms with van der Waals surface area (Å²) in [5.74, 6) is 0.437. The van der Waals surface area contributed by atoms with Gasteiger partial charge in [-0.05, 0) is 6.42 Å². The van der Waals surface area contributed by atoms with Crippen LogP contribution in [0.1, 0.15) is 6.42 Å². The van der Waals surface area contributed by atoms with Gasteiger partial charge in [-0.3, -0.25) is 0 Å². The fraction of sp³-hybridized carbons (Fsp3) is 0.750. The molecule has 2 heteroatoms. The Hall–Kier alpha value is -0.340. The van der Waals surface area contributed by atoms with Crippen LogP contribution >= 0.6 is 0 Å². The molecule has 2 heterocycles. The van der Waals surface area contributed by atoms with Crippen LogP contribution < -0.4 is 0 Å². The molecule has 0 bridgehead atoms. The van der Waals surface area contributed by atoms with E-state index in [1.54, 1.807) is 0 Å². The largest absolute Gasteiger partial charge is 0.375 e. The molecule has 3 atom stereocenters. The highest BCUT2D eigenvalue weighted by molar-refractivity contribution is 4.96. The predicted octanol–water partition coefficient (Wildman–Crippen LogP) is 0.976. The highest BCUT2D eigenvalue weighted by Crippen LogP contribution is 2.30. The van der Waals surface area contributed by atoms with Gasteiger partial charge >= 0.3 is 0 Å². The van der Waals surface area contributed by atoms with E-state index in [1.165, 1.54) is 0 Å². The van der Waals surface area contributed by atoms with Gasteiger partial charge in [0.2, 0.25) is 0 Å². The van der Waals surface area contributed by atoms with Crippen LogP contribution in [0.4, 0.5) is 0 Å². The summed E-state index contributed by atoms with van der Waals surface area (Å²) in [5.41, 5.74) is 0. The molecule has 0 aromatic rings. The third-order valence-electron chi connectivity index (χ3n) is 2.31. The first-order valence-corrected chi connectivity index (χ1v) is 3.77. The summed E-state index contributed by atoms with van der Waals surface area (Å²) in [6.07, 6.45) is 3.69. The monoisotopic (exact) mass is 140 g/mol. The van der Waals surface area contributed by atoms with Crippen molar-refractivity contribution in [2.75, 3.05) is 13.2 Å². The zero-order valence-electron chi connectivity index (χ0n) is 5.95. The molecule has 0 N–H and O–H groups in total. The van der Waals surface area contributed by atoms with Crippen molar-refractivity contribution in [1.82, 2.24) is 0 Å². The van der Waals surface area contributed by atoms with Crippen molar-refractivity contribution in [2.45, 2.75) is 18.6 Å². The summed E-state index contributed by atoms with van der Waals surface area (Å²) in [4.78, 5) is 0. The Bertz CT molecular complexity index is 144. The van der Waals surface area contributed by atoms with E-state index in [1.807, 2.05) is 6.08 Å². The average Bonchev–Trinajstić information content (AvgIpc) is 2.44. The van der Waals surface area contributed by atoms with Crippen molar-refractivity contribution in [3.63, 3.8) is 0 Å². The van der Waals surface area contributed by atoms with Crippen LogP contribution in [-0.4, -0.2) is 25.4 Å². The van der Waals surface area contributed by atoms with E-state index in [2.05, 4.69) is 6.58 Å². The Labute approximate surface area is 60.8 Å². The van der Waals surface area contributed by atoms with Gasteiger partial charge in [-0.25, -0.2) is 0 Å². The molecule has 0 saturated carbocycles. The molecule has 0 aromatic carbocycles. The molecule has 2 aliphatic rings. The maximum atomic E-state index is 5.48.